The second-order valence-electron chi connectivity index (χ2n) is 10.3. The van der Waals surface area contributed by atoms with Gasteiger partial charge in [0.05, 0.1) is 22.2 Å². The van der Waals surface area contributed by atoms with Crippen molar-refractivity contribution in [2.45, 2.75) is 38.6 Å². The molecule has 7 nitrogen and oxygen atoms in total. The first kappa shape index (κ1) is 25.8. The first-order valence-corrected chi connectivity index (χ1v) is 14.5. The summed E-state index contributed by atoms with van der Waals surface area (Å²) in [6.45, 7) is 4.15. The summed E-state index contributed by atoms with van der Waals surface area (Å²) in [5.74, 6) is 0.847. The molecule has 4 heterocycles. The average Bonchev–Trinajstić information content (AvgIpc) is 3.69. The van der Waals surface area contributed by atoms with E-state index in [0.29, 0.717) is 37.1 Å². The predicted molar refractivity (Wildman–Crippen MR) is 151 cm³/mol. The smallest absolute Gasteiger partial charge is 0.227 e. The topological polar surface area (TPSA) is 79.5 Å². The maximum Gasteiger partial charge on any atom is 0.227 e. The van der Waals surface area contributed by atoms with Crippen molar-refractivity contribution in [2.24, 2.45) is 5.92 Å². The lowest BCUT2D eigenvalue weighted by atomic mass is 9.96. The Balaban J connectivity index is 1.08. The number of likely N-dealkylation sites (tertiary alicyclic amines) is 2. The third-order valence-electron chi connectivity index (χ3n) is 7.73. The molecule has 0 N–H and O–H groups in total. The molecule has 6 rings (SSSR count). The molecular formula is C30H29ClN4O3S. The van der Waals surface area contributed by atoms with Crippen molar-refractivity contribution in [3.63, 3.8) is 0 Å². The highest BCUT2D eigenvalue weighted by Gasteiger charge is 2.38. The Morgan fingerprint density at radius 2 is 1.85 bits per heavy atom. The van der Waals surface area contributed by atoms with Crippen LogP contribution in [0.15, 0.2) is 64.5 Å². The SMILES string of the molecule is Cc1onc(-c2ccccc2)c1-c1csc(C2CCN(C(=O)C3CC(=O)N(Cc4ccccc4Cl)C3)CC2)n1. The number of piperidine rings is 1. The Labute approximate surface area is 236 Å². The number of nitrogens with zero attached hydrogens (tertiary/aromatic N) is 4. The monoisotopic (exact) mass is 560 g/mol. The highest BCUT2D eigenvalue weighted by Crippen LogP contribution is 2.38. The predicted octanol–water partition coefficient (Wildman–Crippen LogP) is 6.18. The lowest BCUT2D eigenvalue weighted by Gasteiger charge is -2.32. The number of aromatic nitrogens is 2. The van der Waals surface area contributed by atoms with Crippen LogP contribution in [0.4, 0.5) is 0 Å². The van der Waals surface area contributed by atoms with Crippen LogP contribution < -0.4 is 0 Å². The molecular weight excluding hydrogens is 532 g/mol. The van der Waals surface area contributed by atoms with E-state index in [0.717, 1.165) is 51.7 Å². The summed E-state index contributed by atoms with van der Waals surface area (Å²) in [7, 11) is 0. The van der Waals surface area contributed by atoms with Crippen LogP contribution in [0.1, 0.15) is 41.5 Å². The minimum atomic E-state index is -0.295. The molecule has 200 valence electrons. The van der Waals surface area contributed by atoms with Crippen molar-refractivity contribution in [1.29, 1.82) is 0 Å². The molecule has 1 unspecified atom stereocenters. The van der Waals surface area contributed by atoms with Crippen LogP contribution >= 0.6 is 22.9 Å². The van der Waals surface area contributed by atoms with Gasteiger partial charge >= 0.3 is 0 Å². The largest absolute Gasteiger partial charge is 0.360 e. The van der Waals surface area contributed by atoms with Crippen molar-refractivity contribution in [2.75, 3.05) is 19.6 Å². The number of hydrogen-bond donors (Lipinski definition) is 0. The Morgan fingerprint density at radius 3 is 2.62 bits per heavy atom. The van der Waals surface area contributed by atoms with E-state index in [2.05, 4.69) is 10.5 Å². The molecule has 4 aromatic rings. The van der Waals surface area contributed by atoms with Crippen LogP contribution in [0.5, 0.6) is 0 Å². The third kappa shape index (κ3) is 5.23. The lowest BCUT2D eigenvalue weighted by molar-refractivity contribution is -0.136. The number of carbonyl (C=O) groups is 2. The summed E-state index contributed by atoms with van der Waals surface area (Å²) < 4.78 is 5.54. The van der Waals surface area contributed by atoms with Crippen LogP contribution in [0.2, 0.25) is 5.02 Å². The van der Waals surface area contributed by atoms with Crippen LogP contribution in [-0.4, -0.2) is 51.4 Å². The van der Waals surface area contributed by atoms with Gasteiger partial charge in [-0.2, -0.15) is 0 Å². The highest BCUT2D eigenvalue weighted by atomic mass is 35.5. The molecule has 2 aliphatic heterocycles. The van der Waals surface area contributed by atoms with E-state index in [1.807, 2.05) is 66.4 Å². The molecule has 0 bridgehead atoms. The number of aryl methyl sites for hydroxylation is 1. The molecule has 2 aromatic heterocycles. The van der Waals surface area contributed by atoms with E-state index in [1.165, 1.54) is 0 Å². The van der Waals surface area contributed by atoms with Crippen LogP contribution in [0.3, 0.4) is 0 Å². The third-order valence-corrected chi connectivity index (χ3v) is 9.10. The van der Waals surface area contributed by atoms with Crippen molar-refractivity contribution in [3.05, 3.63) is 81.3 Å². The van der Waals surface area contributed by atoms with E-state index >= 15 is 0 Å². The number of halogens is 1. The quantitative estimate of drug-likeness (QED) is 0.281. The van der Waals surface area contributed by atoms with Crippen LogP contribution in [0, 0.1) is 12.8 Å². The summed E-state index contributed by atoms with van der Waals surface area (Å²) in [5, 5.41) is 8.10. The zero-order valence-electron chi connectivity index (χ0n) is 21.7. The normalized spacial score (nSPS) is 18.2. The minimum absolute atomic E-state index is 0.0115. The lowest BCUT2D eigenvalue weighted by Crippen LogP contribution is -2.42. The standard InChI is InChI=1S/C30H29ClN4O3S/c1-19-27(28(33-38-19)20-7-3-2-4-8-20)25-18-39-29(32-25)21-11-13-34(14-12-21)30(37)23-15-26(36)35(17-23)16-22-9-5-6-10-24(22)31/h2-10,18,21,23H,11-17H2,1H3. The molecule has 39 heavy (non-hydrogen) atoms. The first-order chi connectivity index (χ1) is 19.0. The maximum absolute atomic E-state index is 13.3. The summed E-state index contributed by atoms with van der Waals surface area (Å²) in [6.07, 6.45) is 1.98. The van der Waals surface area contributed by atoms with Gasteiger partial charge in [0.2, 0.25) is 11.8 Å². The molecule has 2 fully saturated rings. The Morgan fingerprint density at radius 1 is 1.10 bits per heavy atom. The molecule has 0 spiro atoms. The van der Waals surface area contributed by atoms with Gasteiger partial charge < -0.3 is 14.3 Å². The summed E-state index contributed by atoms with van der Waals surface area (Å²) in [4.78, 5) is 34.6. The number of thiazole rings is 1. The van der Waals surface area contributed by atoms with Crippen molar-refractivity contribution >= 4 is 34.8 Å². The molecule has 9 heteroatoms. The molecule has 0 saturated carbocycles. The highest BCUT2D eigenvalue weighted by molar-refractivity contribution is 7.10. The first-order valence-electron chi connectivity index (χ1n) is 13.3. The fourth-order valence-corrected chi connectivity index (χ4v) is 6.76. The maximum atomic E-state index is 13.3. The van der Waals surface area contributed by atoms with Gasteiger partial charge in [-0.25, -0.2) is 4.98 Å². The Hall–Kier alpha value is -3.49. The average molecular weight is 561 g/mol. The second kappa shape index (κ2) is 10.9. The van der Waals surface area contributed by atoms with Gasteiger partial charge in [0.25, 0.3) is 0 Å². The molecule has 2 aliphatic rings. The number of amides is 2. The van der Waals surface area contributed by atoms with E-state index in [1.54, 1.807) is 16.2 Å². The van der Waals surface area contributed by atoms with Gasteiger partial charge in [0.15, 0.2) is 0 Å². The van der Waals surface area contributed by atoms with E-state index < -0.39 is 0 Å². The van der Waals surface area contributed by atoms with Gasteiger partial charge in [0, 0.05) is 54.5 Å². The molecule has 1 atom stereocenters. The molecule has 2 aromatic carbocycles. The number of carbonyl (C=O) groups excluding carboxylic acids is 2. The van der Waals surface area contributed by atoms with E-state index in [-0.39, 0.29) is 24.2 Å². The van der Waals surface area contributed by atoms with E-state index in [9.17, 15) is 9.59 Å². The van der Waals surface area contributed by atoms with Crippen molar-refractivity contribution in [3.8, 4) is 22.5 Å². The van der Waals surface area contributed by atoms with Gasteiger partial charge in [-0.1, -0.05) is 65.3 Å². The summed E-state index contributed by atoms with van der Waals surface area (Å²) >= 11 is 7.94. The molecule has 2 amide bonds. The molecule has 0 aliphatic carbocycles. The van der Waals surface area contributed by atoms with Crippen molar-refractivity contribution in [1.82, 2.24) is 19.9 Å². The number of benzene rings is 2. The van der Waals surface area contributed by atoms with Crippen LogP contribution in [0.25, 0.3) is 22.5 Å². The van der Waals surface area contributed by atoms with Gasteiger partial charge in [0.1, 0.15) is 11.5 Å². The number of rotatable bonds is 6. The second-order valence-corrected chi connectivity index (χ2v) is 11.6. The minimum Gasteiger partial charge on any atom is -0.360 e. The summed E-state index contributed by atoms with van der Waals surface area (Å²) in [5.41, 5.74) is 4.53. The van der Waals surface area contributed by atoms with Crippen LogP contribution in [-0.2, 0) is 16.1 Å². The molecule has 0 radical (unpaired) electrons. The van der Waals surface area contributed by atoms with Gasteiger partial charge in [-0.05, 0) is 31.4 Å². The van der Waals surface area contributed by atoms with Gasteiger partial charge in [-0.3, -0.25) is 9.59 Å². The Kier molecular flexibility index (Phi) is 7.23. The van der Waals surface area contributed by atoms with Crippen molar-refractivity contribution < 1.29 is 14.1 Å². The fraction of sp³-hybridized carbons (Fsp3) is 0.333. The zero-order chi connectivity index (χ0) is 26.9. The molecule has 2 saturated heterocycles. The number of hydrogen-bond acceptors (Lipinski definition) is 6. The summed E-state index contributed by atoms with van der Waals surface area (Å²) in [6, 6.07) is 17.5. The van der Waals surface area contributed by atoms with Gasteiger partial charge in [-0.15, -0.1) is 11.3 Å². The Bertz CT molecular complexity index is 1490. The van der Waals surface area contributed by atoms with E-state index in [4.69, 9.17) is 21.1 Å². The fourth-order valence-electron chi connectivity index (χ4n) is 5.58. The zero-order valence-corrected chi connectivity index (χ0v) is 23.3.